The number of benzene rings is 2. The van der Waals surface area contributed by atoms with Crippen LogP contribution in [0.15, 0.2) is 71.5 Å². The average Bonchev–Trinajstić information content (AvgIpc) is 4.06. The molecule has 1 aliphatic rings. The smallest absolute Gasteiger partial charge is 0.290 e. The molecule has 8 rings (SSSR count). The highest BCUT2D eigenvalue weighted by Crippen LogP contribution is 2.26. The molecule has 6 heterocycles. The molecule has 0 aliphatic carbocycles. The maximum absolute atomic E-state index is 13.3. The van der Waals surface area contributed by atoms with E-state index >= 15 is 0 Å². The molecule has 18 nitrogen and oxygen atoms in total. The molecule has 61 heavy (non-hydrogen) atoms. The monoisotopic (exact) mass is 821 g/mol. The molecule has 2 atom stereocenters. The number of rotatable bonds is 5. The third-order valence-electron chi connectivity index (χ3n) is 9.72. The SMILES string of the molecule is Cc1cc(C(C)(O)C#Cc2ccc3nc(C(=O)N4CCCC4)n(-c4ccnc(N)n4)c3c2)no1.Cc1nn(-c2ccnc(N)n2)c2cc(C#CC(C)(O)C(=O)N(C)C)ccc12. The van der Waals surface area contributed by atoms with E-state index in [-0.39, 0.29) is 23.6 Å². The summed E-state index contributed by atoms with van der Waals surface area (Å²) in [6.45, 7) is 7.96. The molecule has 0 radical (unpaired) electrons. The molecular formula is C43H43N13O5. The molecule has 18 heteroatoms. The van der Waals surface area contributed by atoms with Crippen LogP contribution in [0.4, 0.5) is 11.9 Å². The third-order valence-corrected chi connectivity index (χ3v) is 9.72. The molecular weight excluding hydrogens is 779 g/mol. The first-order valence-corrected chi connectivity index (χ1v) is 19.2. The van der Waals surface area contributed by atoms with Gasteiger partial charge in [0.2, 0.25) is 23.3 Å². The van der Waals surface area contributed by atoms with Gasteiger partial charge in [-0.25, -0.2) is 19.6 Å². The summed E-state index contributed by atoms with van der Waals surface area (Å²) in [5, 5.41) is 30.3. The van der Waals surface area contributed by atoms with Crippen LogP contribution < -0.4 is 11.5 Å². The molecule has 2 aromatic carbocycles. The maximum Gasteiger partial charge on any atom is 0.290 e. The van der Waals surface area contributed by atoms with Crippen molar-refractivity contribution < 1.29 is 24.3 Å². The molecule has 1 saturated heterocycles. The molecule has 1 fully saturated rings. The Bertz CT molecular complexity index is 2930. The van der Waals surface area contributed by atoms with E-state index in [1.807, 2.05) is 25.1 Å². The molecule has 0 bridgehead atoms. The number of hydrogen-bond acceptors (Lipinski definition) is 14. The van der Waals surface area contributed by atoms with Gasteiger partial charge in [0, 0.05) is 68.2 Å². The maximum atomic E-state index is 13.3. The molecule has 0 saturated carbocycles. The fraction of sp³-hybridized carbons (Fsp3) is 0.279. The van der Waals surface area contributed by atoms with Gasteiger partial charge in [0.15, 0.2) is 11.4 Å². The topological polar surface area (TPSA) is 246 Å². The zero-order valence-electron chi connectivity index (χ0n) is 34.4. The van der Waals surface area contributed by atoms with Crippen LogP contribution in [0.25, 0.3) is 33.6 Å². The number of anilines is 2. The molecule has 6 N–H and O–H groups in total. The van der Waals surface area contributed by atoms with Crippen LogP contribution in [0.2, 0.25) is 0 Å². The quantitative estimate of drug-likeness (QED) is 0.182. The third kappa shape index (κ3) is 8.86. The van der Waals surface area contributed by atoms with Gasteiger partial charge in [0.05, 0.1) is 22.2 Å². The molecule has 5 aromatic heterocycles. The van der Waals surface area contributed by atoms with E-state index in [1.54, 1.807) is 84.7 Å². The number of aryl methyl sites for hydroxylation is 2. The van der Waals surface area contributed by atoms with Gasteiger partial charge in [-0.2, -0.15) is 15.1 Å². The van der Waals surface area contributed by atoms with Gasteiger partial charge in [-0.3, -0.25) is 14.2 Å². The van der Waals surface area contributed by atoms with E-state index in [1.165, 1.54) is 18.0 Å². The van der Waals surface area contributed by atoms with Crippen LogP contribution in [0.1, 0.15) is 65.6 Å². The number of aromatic nitrogens is 9. The zero-order valence-corrected chi connectivity index (χ0v) is 34.4. The Hall–Kier alpha value is -7.67. The normalized spacial score (nSPS) is 14.2. The van der Waals surface area contributed by atoms with Crippen molar-refractivity contribution in [2.75, 3.05) is 38.7 Å². The van der Waals surface area contributed by atoms with Crippen LogP contribution in [0.3, 0.4) is 0 Å². The van der Waals surface area contributed by atoms with Gasteiger partial charge < -0.3 is 36.0 Å². The highest BCUT2D eigenvalue weighted by molar-refractivity contribution is 5.96. The van der Waals surface area contributed by atoms with Gasteiger partial charge in [0.25, 0.3) is 11.8 Å². The number of aliphatic hydroxyl groups is 2. The zero-order chi connectivity index (χ0) is 43.6. The summed E-state index contributed by atoms with van der Waals surface area (Å²) in [7, 11) is 3.14. The molecule has 310 valence electrons. The molecule has 1 aliphatic heterocycles. The van der Waals surface area contributed by atoms with Crippen molar-refractivity contribution >= 4 is 45.6 Å². The van der Waals surface area contributed by atoms with Crippen LogP contribution in [-0.2, 0) is 10.4 Å². The lowest BCUT2D eigenvalue weighted by Crippen LogP contribution is -2.42. The van der Waals surface area contributed by atoms with E-state index in [9.17, 15) is 19.8 Å². The van der Waals surface area contributed by atoms with Crippen LogP contribution >= 0.6 is 0 Å². The first kappa shape index (κ1) is 41.5. The van der Waals surface area contributed by atoms with E-state index in [2.05, 4.69) is 58.9 Å². The van der Waals surface area contributed by atoms with Gasteiger partial charge in [-0.1, -0.05) is 28.8 Å². The van der Waals surface area contributed by atoms with Crippen LogP contribution in [0.5, 0.6) is 0 Å². The van der Waals surface area contributed by atoms with E-state index in [4.69, 9.17) is 16.0 Å². The van der Waals surface area contributed by atoms with Gasteiger partial charge in [-0.05, 0) is 83.0 Å². The van der Waals surface area contributed by atoms with Crippen molar-refractivity contribution in [3.63, 3.8) is 0 Å². The summed E-state index contributed by atoms with van der Waals surface area (Å²) >= 11 is 0. The van der Waals surface area contributed by atoms with Gasteiger partial charge in [0.1, 0.15) is 17.3 Å². The van der Waals surface area contributed by atoms with Crippen molar-refractivity contribution in [2.45, 2.75) is 51.7 Å². The number of nitrogens with zero attached hydrogens (tertiary/aromatic N) is 11. The van der Waals surface area contributed by atoms with E-state index in [0.29, 0.717) is 58.3 Å². The average molecular weight is 822 g/mol. The summed E-state index contributed by atoms with van der Waals surface area (Å²) in [6, 6.07) is 15.9. The largest absolute Gasteiger partial charge is 0.372 e. The van der Waals surface area contributed by atoms with Crippen LogP contribution in [-0.4, -0.2) is 109 Å². The van der Waals surface area contributed by atoms with Crippen LogP contribution in [0, 0.1) is 37.5 Å². The number of imidazole rings is 1. The Kier molecular flexibility index (Phi) is 11.2. The Morgan fingerprint density at radius 2 is 1.44 bits per heavy atom. The lowest BCUT2D eigenvalue weighted by Gasteiger charge is -2.20. The number of carbonyl (C=O) groups is 2. The van der Waals surface area contributed by atoms with Gasteiger partial charge in [-0.15, -0.1) is 0 Å². The summed E-state index contributed by atoms with van der Waals surface area (Å²) in [5.74, 6) is 12.8. The number of likely N-dealkylation sites (tertiary alicyclic amines) is 1. The lowest BCUT2D eigenvalue weighted by atomic mass is 10.0. The number of amides is 2. The number of fused-ring (bicyclic) bond motifs is 2. The summed E-state index contributed by atoms with van der Waals surface area (Å²) in [4.78, 5) is 49.4. The number of likely N-dealkylation sites (N-methyl/N-ethyl adjacent to an activating group) is 1. The Morgan fingerprint density at radius 3 is 2.08 bits per heavy atom. The minimum Gasteiger partial charge on any atom is -0.372 e. The predicted octanol–water partition coefficient (Wildman–Crippen LogP) is 3.09. The second-order valence-corrected chi connectivity index (χ2v) is 14.9. The van der Waals surface area contributed by atoms with Crippen molar-refractivity contribution in [3.8, 4) is 35.3 Å². The number of hydrogen-bond donors (Lipinski definition) is 4. The fourth-order valence-corrected chi connectivity index (χ4v) is 6.62. The minimum absolute atomic E-state index is 0.0915. The second kappa shape index (κ2) is 16.5. The highest BCUT2D eigenvalue weighted by atomic mass is 16.5. The lowest BCUT2D eigenvalue weighted by molar-refractivity contribution is -0.141. The molecule has 0 spiro atoms. The fourth-order valence-electron chi connectivity index (χ4n) is 6.62. The number of nitrogen functional groups attached to an aromatic ring is 2. The minimum atomic E-state index is -1.77. The Morgan fingerprint density at radius 1 is 0.820 bits per heavy atom. The first-order valence-electron chi connectivity index (χ1n) is 19.2. The van der Waals surface area contributed by atoms with Crippen molar-refractivity contribution in [3.05, 3.63) is 101 Å². The molecule has 7 aromatic rings. The summed E-state index contributed by atoms with van der Waals surface area (Å²) in [6.07, 6.45) is 5.04. The van der Waals surface area contributed by atoms with Crippen molar-refractivity contribution in [2.24, 2.45) is 0 Å². The Balaban J connectivity index is 0.000000189. The predicted molar refractivity (Wildman–Crippen MR) is 226 cm³/mol. The number of nitrogens with two attached hydrogens (primary N) is 2. The molecule has 2 amide bonds. The summed E-state index contributed by atoms with van der Waals surface area (Å²) < 4.78 is 8.40. The van der Waals surface area contributed by atoms with E-state index < -0.39 is 17.1 Å². The van der Waals surface area contributed by atoms with Crippen molar-refractivity contribution in [1.29, 1.82) is 0 Å². The Labute approximate surface area is 350 Å². The van der Waals surface area contributed by atoms with Crippen molar-refractivity contribution in [1.82, 2.24) is 54.2 Å². The van der Waals surface area contributed by atoms with E-state index in [0.717, 1.165) is 29.4 Å². The standard InChI is InChI=1S/C24H23N7O3.C19H20N6O2/c1-15-13-19(29-34-15)24(2,33)9-7-16-5-6-17-18(14-16)31(20-8-10-26-23(25)28-20)21(27-17)22(32)30-11-3-4-12-30;1-12-14-6-5-13(7-9-19(2,27)17(26)24(3)4)11-15(14)25(23-12)16-8-10-21-18(20)22-16/h5-6,8,10,13-14,33H,3-4,11-12H2,1-2H3,(H2,25,26,28);5-6,8,10-11,27H,1-4H3,(H2,20,21,22). The van der Waals surface area contributed by atoms with Gasteiger partial charge >= 0.3 is 0 Å². The first-order chi connectivity index (χ1) is 29.0. The highest BCUT2D eigenvalue weighted by Gasteiger charge is 2.30. The summed E-state index contributed by atoms with van der Waals surface area (Å²) in [5.41, 5.74) is 12.7. The molecule has 2 unspecified atom stereocenters. The second-order valence-electron chi connectivity index (χ2n) is 14.9. The number of carbonyl (C=O) groups excluding carboxylic acids is 2.